The smallest absolute Gasteiger partial charge is 0.258 e. The fourth-order valence-corrected chi connectivity index (χ4v) is 2.49. The molecule has 3 aromatic rings. The number of rotatable bonds is 6. The molecule has 0 bridgehead atoms. The third-order valence-electron chi connectivity index (χ3n) is 3.94. The van der Waals surface area contributed by atoms with Crippen LogP contribution in [0.1, 0.15) is 11.1 Å². The lowest BCUT2D eigenvalue weighted by atomic mass is 10.0. The van der Waals surface area contributed by atoms with Crippen molar-refractivity contribution < 1.29 is 9.53 Å². The normalized spacial score (nSPS) is 10.3. The van der Waals surface area contributed by atoms with Crippen LogP contribution in [-0.2, 0) is 11.3 Å². The topological polar surface area (TPSA) is 38.3 Å². The number of aryl methyl sites for hydroxylation is 1. The van der Waals surface area contributed by atoms with Gasteiger partial charge in [-0.1, -0.05) is 72.3 Å². The Hall–Kier alpha value is -3.07. The molecule has 3 rings (SSSR count). The van der Waals surface area contributed by atoms with E-state index >= 15 is 0 Å². The highest BCUT2D eigenvalue weighted by Crippen LogP contribution is 2.22. The molecule has 0 atom stereocenters. The van der Waals surface area contributed by atoms with Crippen LogP contribution in [0.25, 0.3) is 11.1 Å². The Labute approximate surface area is 148 Å². The first-order valence-corrected chi connectivity index (χ1v) is 8.31. The highest BCUT2D eigenvalue weighted by Gasteiger charge is 2.04. The zero-order valence-corrected chi connectivity index (χ0v) is 14.2. The molecular formula is C22H21NO2. The van der Waals surface area contributed by atoms with Gasteiger partial charge in [-0.25, -0.2) is 0 Å². The van der Waals surface area contributed by atoms with E-state index in [1.165, 1.54) is 5.56 Å². The fraction of sp³-hybridized carbons (Fsp3) is 0.136. The maximum absolute atomic E-state index is 11.9. The van der Waals surface area contributed by atoms with Crippen LogP contribution in [-0.4, -0.2) is 12.5 Å². The molecule has 3 heteroatoms. The molecule has 1 amide bonds. The minimum atomic E-state index is -0.133. The van der Waals surface area contributed by atoms with E-state index in [9.17, 15) is 4.79 Å². The van der Waals surface area contributed by atoms with Crippen molar-refractivity contribution in [3.8, 4) is 16.9 Å². The lowest BCUT2D eigenvalue weighted by Gasteiger charge is -2.09. The summed E-state index contributed by atoms with van der Waals surface area (Å²) in [5.41, 5.74) is 4.60. The van der Waals surface area contributed by atoms with Gasteiger partial charge >= 0.3 is 0 Å². The van der Waals surface area contributed by atoms with E-state index in [-0.39, 0.29) is 12.5 Å². The summed E-state index contributed by atoms with van der Waals surface area (Å²) in [5, 5.41) is 2.85. The molecule has 0 aliphatic carbocycles. The molecule has 0 radical (unpaired) electrons. The van der Waals surface area contributed by atoms with Gasteiger partial charge in [0.2, 0.25) is 0 Å². The Kier molecular flexibility index (Phi) is 5.47. The average molecular weight is 331 g/mol. The lowest BCUT2D eigenvalue weighted by molar-refractivity contribution is -0.123. The van der Waals surface area contributed by atoms with Gasteiger partial charge in [-0.05, 0) is 35.7 Å². The van der Waals surface area contributed by atoms with Crippen LogP contribution in [0.4, 0.5) is 0 Å². The maximum atomic E-state index is 11.9. The van der Waals surface area contributed by atoms with E-state index in [4.69, 9.17) is 4.74 Å². The molecule has 0 spiro atoms. The van der Waals surface area contributed by atoms with Gasteiger partial charge in [0.15, 0.2) is 6.61 Å². The van der Waals surface area contributed by atoms with E-state index < -0.39 is 0 Å². The molecule has 1 N–H and O–H groups in total. The predicted octanol–water partition coefficient (Wildman–Crippen LogP) is 4.36. The van der Waals surface area contributed by atoms with Crippen molar-refractivity contribution in [2.45, 2.75) is 13.5 Å². The van der Waals surface area contributed by atoms with E-state index in [1.54, 1.807) is 0 Å². The van der Waals surface area contributed by atoms with Crippen molar-refractivity contribution in [2.75, 3.05) is 6.61 Å². The number of ether oxygens (including phenoxy) is 1. The van der Waals surface area contributed by atoms with Gasteiger partial charge in [-0.2, -0.15) is 0 Å². The van der Waals surface area contributed by atoms with E-state index in [0.717, 1.165) is 16.7 Å². The molecule has 0 fully saturated rings. The monoisotopic (exact) mass is 331 g/mol. The van der Waals surface area contributed by atoms with Crippen molar-refractivity contribution in [1.82, 2.24) is 5.32 Å². The first-order chi connectivity index (χ1) is 12.2. The molecule has 0 aliphatic rings. The summed E-state index contributed by atoms with van der Waals surface area (Å²) in [4.78, 5) is 11.9. The Morgan fingerprint density at radius 1 is 0.840 bits per heavy atom. The first kappa shape index (κ1) is 16.8. The van der Waals surface area contributed by atoms with E-state index in [0.29, 0.717) is 12.3 Å². The molecule has 0 unspecified atom stereocenters. The van der Waals surface area contributed by atoms with Crippen molar-refractivity contribution in [1.29, 1.82) is 0 Å². The second-order valence-corrected chi connectivity index (χ2v) is 5.94. The summed E-state index contributed by atoms with van der Waals surface area (Å²) in [5.74, 6) is 0.553. The van der Waals surface area contributed by atoms with Gasteiger partial charge in [0.05, 0.1) is 0 Å². The van der Waals surface area contributed by atoms with Crippen LogP contribution >= 0.6 is 0 Å². The summed E-state index contributed by atoms with van der Waals surface area (Å²) in [6.07, 6.45) is 0. The third-order valence-corrected chi connectivity index (χ3v) is 3.94. The van der Waals surface area contributed by atoms with Crippen LogP contribution < -0.4 is 10.1 Å². The number of hydrogen-bond acceptors (Lipinski definition) is 2. The Balaban J connectivity index is 1.50. The number of amides is 1. The Bertz CT molecular complexity index is 809. The quantitative estimate of drug-likeness (QED) is 0.729. The lowest BCUT2D eigenvalue weighted by Crippen LogP contribution is -2.28. The predicted molar refractivity (Wildman–Crippen MR) is 100 cm³/mol. The van der Waals surface area contributed by atoms with Crippen molar-refractivity contribution in [3.63, 3.8) is 0 Å². The largest absolute Gasteiger partial charge is 0.484 e. The SMILES string of the molecule is Cc1ccc(-c2ccc(OCC(=O)NCc3ccccc3)cc2)cc1. The van der Waals surface area contributed by atoms with Gasteiger partial charge < -0.3 is 10.1 Å². The second kappa shape index (κ2) is 8.15. The van der Waals surface area contributed by atoms with Crippen molar-refractivity contribution in [3.05, 3.63) is 90.0 Å². The highest BCUT2D eigenvalue weighted by atomic mass is 16.5. The van der Waals surface area contributed by atoms with E-state index in [2.05, 4.69) is 36.5 Å². The van der Waals surface area contributed by atoms with Crippen LogP contribution in [0, 0.1) is 6.92 Å². The fourth-order valence-electron chi connectivity index (χ4n) is 2.49. The molecule has 126 valence electrons. The zero-order valence-electron chi connectivity index (χ0n) is 14.2. The molecule has 0 aliphatic heterocycles. The summed E-state index contributed by atoms with van der Waals surface area (Å²) in [6.45, 7) is 2.59. The number of carbonyl (C=O) groups excluding carboxylic acids is 1. The molecule has 0 saturated heterocycles. The van der Waals surface area contributed by atoms with Crippen LogP contribution in [0.5, 0.6) is 5.75 Å². The second-order valence-electron chi connectivity index (χ2n) is 5.94. The number of carbonyl (C=O) groups is 1. The zero-order chi connectivity index (χ0) is 17.5. The summed E-state index contributed by atoms with van der Waals surface area (Å²) in [6, 6.07) is 26.0. The number of hydrogen-bond donors (Lipinski definition) is 1. The Morgan fingerprint density at radius 3 is 2.08 bits per heavy atom. The number of benzene rings is 3. The highest BCUT2D eigenvalue weighted by molar-refractivity contribution is 5.77. The van der Waals surface area contributed by atoms with Gasteiger partial charge in [0, 0.05) is 6.54 Å². The number of nitrogens with one attached hydrogen (secondary N) is 1. The van der Waals surface area contributed by atoms with Gasteiger partial charge in [-0.3, -0.25) is 4.79 Å². The van der Waals surface area contributed by atoms with E-state index in [1.807, 2.05) is 54.6 Å². The van der Waals surface area contributed by atoms with Crippen LogP contribution in [0.3, 0.4) is 0 Å². The average Bonchev–Trinajstić information content (AvgIpc) is 2.67. The Morgan fingerprint density at radius 2 is 1.44 bits per heavy atom. The minimum Gasteiger partial charge on any atom is -0.484 e. The minimum absolute atomic E-state index is 0.0106. The maximum Gasteiger partial charge on any atom is 0.258 e. The molecule has 25 heavy (non-hydrogen) atoms. The van der Waals surface area contributed by atoms with Crippen LogP contribution in [0.2, 0.25) is 0 Å². The molecular weight excluding hydrogens is 310 g/mol. The standard InChI is InChI=1S/C22H21NO2/c1-17-7-9-19(10-8-17)20-11-13-21(14-12-20)25-16-22(24)23-15-18-5-3-2-4-6-18/h2-14H,15-16H2,1H3,(H,23,24). The van der Waals surface area contributed by atoms with Crippen LogP contribution in [0.15, 0.2) is 78.9 Å². The molecule has 0 aromatic heterocycles. The molecule has 3 aromatic carbocycles. The van der Waals surface area contributed by atoms with Crippen molar-refractivity contribution in [2.24, 2.45) is 0 Å². The molecule has 0 heterocycles. The first-order valence-electron chi connectivity index (χ1n) is 8.31. The van der Waals surface area contributed by atoms with Crippen molar-refractivity contribution >= 4 is 5.91 Å². The molecule has 0 saturated carbocycles. The summed E-state index contributed by atoms with van der Waals surface area (Å²) in [7, 11) is 0. The van der Waals surface area contributed by atoms with Gasteiger partial charge in [0.25, 0.3) is 5.91 Å². The van der Waals surface area contributed by atoms with Gasteiger partial charge in [0.1, 0.15) is 5.75 Å². The molecule has 3 nitrogen and oxygen atoms in total. The van der Waals surface area contributed by atoms with Gasteiger partial charge in [-0.15, -0.1) is 0 Å². The third kappa shape index (κ3) is 4.95. The summed E-state index contributed by atoms with van der Waals surface area (Å²) >= 11 is 0. The summed E-state index contributed by atoms with van der Waals surface area (Å²) < 4.78 is 5.55.